The smallest absolute Gasteiger partial charge is 0.245 e. The highest BCUT2D eigenvalue weighted by molar-refractivity contribution is 5.74. The summed E-state index contributed by atoms with van der Waals surface area (Å²) in [5, 5.41) is 9.86. The van der Waals surface area contributed by atoms with E-state index in [1.54, 1.807) is 0 Å². The molecule has 1 amide bonds. The van der Waals surface area contributed by atoms with Crippen molar-refractivity contribution in [3.8, 4) is 0 Å². The highest BCUT2D eigenvalue weighted by Gasteiger charge is 2.08. The van der Waals surface area contributed by atoms with E-state index in [4.69, 9.17) is 10.6 Å². The van der Waals surface area contributed by atoms with Crippen molar-refractivity contribution in [2.24, 2.45) is 5.73 Å². The van der Waals surface area contributed by atoms with Gasteiger partial charge in [0.1, 0.15) is 6.61 Å². The Bertz CT molecular complexity index is 376. The Kier molecular flexibility index (Phi) is 5.77. The molecule has 18 heavy (non-hydrogen) atoms. The van der Waals surface area contributed by atoms with Gasteiger partial charge in [0.25, 0.3) is 0 Å². The highest BCUT2D eigenvalue weighted by atomic mass is 16.6. The van der Waals surface area contributed by atoms with Gasteiger partial charge in [0.15, 0.2) is 0 Å². The standard InChI is InChI=1S/C13H20N2O3/c1-9(2)10-3-5-11(6-4-10)12(16)7-15-18-8-13(14)17/h3-6,9,12,15-16H,7-8H2,1-2H3,(H2,14,17). The summed E-state index contributed by atoms with van der Waals surface area (Å²) in [6.07, 6.45) is -0.681. The van der Waals surface area contributed by atoms with E-state index in [1.165, 1.54) is 5.56 Å². The lowest BCUT2D eigenvalue weighted by Gasteiger charge is -2.13. The predicted octanol–water partition coefficient (Wildman–Crippen LogP) is 0.850. The SMILES string of the molecule is CC(C)c1ccc(C(O)CNOCC(N)=O)cc1. The number of primary amides is 1. The number of rotatable bonds is 7. The molecule has 0 aliphatic rings. The average Bonchev–Trinajstić information content (AvgIpc) is 2.34. The van der Waals surface area contributed by atoms with Gasteiger partial charge in [-0.05, 0) is 17.0 Å². The first-order valence-electron chi connectivity index (χ1n) is 5.91. The van der Waals surface area contributed by atoms with E-state index < -0.39 is 12.0 Å². The molecule has 0 aromatic heterocycles. The van der Waals surface area contributed by atoms with Crippen LogP contribution in [0.4, 0.5) is 0 Å². The number of amides is 1. The van der Waals surface area contributed by atoms with Crippen LogP contribution in [0.3, 0.4) is 0 Å². The number of carbonyl (C=O) groups is 1. The largest absolute Gasteiger partial charge is 0.387 e. The Balaban J connectivity index is 2.41. The van der Waals surface area contributed by atoms with Gasteiger partial charge in [-0.15, -0.1) is 0 Å². The summed E-state index contributed by atoms with van der Waals surface area (Å²) in [5.74, 6) is -0.0912. The maximum Gasteiger partial charge on any atom is 0.245 e. The molecule has 1 rings (SSSR count). The molecular weight excluding hydrogens is 232 g/mol. The van der Waals surface area contributed by atoms with E-state index in [-0.39, 0.29) is 13.2 Å². The molecule has 0 saturated heterocycles. The minimum Gasteiger partial charge on any atom is -0.387 e. The molecule has 0 radical (unpaired) electrons. The van der Waals surface area contributed by atoms with Crippen LogP contribution in [0.5, 0.6) is 0 Å². The van der Waals surface area contributed by atoms with Crippen molar-refractivity contribution in [3.63, 3.8) is 0 Å². The molecule has 1 aromatic carbocycles. The number of hydroxylamine groups is 1. The van der Waals surface area contributed by atoms with E-state index in [0.717, 1.165) is 5.56 Å². The predicted molar refractivity (Wildman–Crippen MR) is 68.6 cm³/mol. The second-order valence-corrected chi connectivity index (χ2v) is 4.44. The van der Waals surface area contributed by atoms with Crippen molar-refractivity contribution < 1.29 is 14.7 Å². The fourth-order valence-corrected chi connectivity index (χ4v) is 1.48. The Morgan fingerprint density at radius 3 is 2.39 bits per heavy atom. The number of aliphatic hydroxyl groups is 1. The van der Waals surface area contributed by atoms with E-state index in [2.05, 4.69) is 19.3 Å². The Morgan fingerprint density at radius 1 is 1.33 bits per heavy atom. The zero-order chi connectivity index (χ0) is 13.5. The van der Waals surface area contributed by atoms with Gasteiger partial charge < -0.3 is 10.8 Å². The third-order valence-electron chi connectivity index (χ3n) is 2.58. The minimum atomic E-state index is -0.681. The van der Waals surface area contributed by atoms with Crippen LogP contribution in [0, 0.1) is 0 Å². The van der Waals surface area contributed by atoms with Crippen molar-refractivity contribution >= 4 is 5.91 Å². The number of aliphatic hydroxyl groups excluding tert-OH is 1. The zero-order valence-electron chi connectivity index (χ0n) is 10.7. The summed E-state index contributed by atoms with van der Waals surface area (Å²) < 4.78 is 0. The molecule has 0 saturated carbocycles. The van der Waals surface area contributed by atoms with Crippen LogP contribution in [-0.4, -0.2) is 24.2 Å². The maximum atomic E-state index is 10.4. The van der Waals surface area contributed by atoms with Crippen LogP contribution in [0.15, 0.2) is 24.3 Å². The molecule has 1 atom stereocenters. The van der Waals surface area contributed by atoms with Gasteiger partial charge in [-0.3, -0.25) is 9.63 Å². The summed E-state index contributed by atoms with van der Waals surface area (Å²) in [6, 6.07) is 7.76. The van der Waals surface area contributed by atoms with Gasteiger partial charge in [0.2, 0.25) is 5.91 Å². The first-order chi connectivity index (χ1) is 8.50. The molecule has 1 unspecified atom stereocenters. The number of carbonyl (C=O) groups excluding carboxylic acids is 1. The minimum absolute atomic E-state index is 0.203. The molecule has 0 heterocycles. The summed E-state index contributed by atoms with van der Waals surface area (Å²) in [6.45, 7) is 4.22. The second-order valence-electron chi connectivity index (χ2n) is 4.44. The van der Waals surface area contributed by atoms with E-state index in [0.29, 0.717) is 5.92 Å². The molecule has 0 aliphatic carbocycles. The molecule has 1 aromatic rings. The third kappa shape index (κ3) is 4.83. The topological polar surface area (TPSA) is 84.6 Å². The van der Waals surface area contributed by atoms with Crippen molar-refractivity contribution in [2.45, 2.75) is 25.9 Å². The molecule has 5 heteroatoms. The van der Waals surface area contributed by atoms with E-state index in [1.807, 2.05) is 24.3 Å². The molecule has 0 aliphatic heterocycles. The molecule has 0 bridgehead atoms. The molecule has 100 valence electrons. The van der Waals surface area contributed by atoms with Gasteiger partial charge in [0.05, 0.1) is 12.6 Å². The Labute approximate surface area is 107 Å². The molecular formula is C13H20N2O3. The monoisotopic (exact) mass is 252 g/mol. The quantitative estimate of drug-likeness (QED) is 0.496. The van der Waals surface area contributed by atoms with E-state index in [9.17, 15) is 9.90 Å². The van der Waals surface area contributed by atoms with Crippen molar-refractivity contribution in [1.29, 1.82) is 0 Å². The lowest BCUT2D eigenvalue weighted by molar-refractivity contribution is -0.125. The molecule has 0 spiro atoms. The van der Waals surface area contributed by atoms with Crippen LogP contribution in [0.2, 0.25) is 0 Å². The van der Waals surface area contributed by atoms with Crippen molar-refractivity contribution in [3.05, 3.63) is 35.4 Å². The van der Waals surface area contributed by atoms with Gasteiger partial charge in [-0.1, -0.05) is 38.1 Å². The Hall–Kier alpha value is -1.43. The molecule has 5 nitrogen and oxygen atoms in total. The molecule has 0 fully saturated rings. The summed E-state index contributed by atoms with van der Waals surface area (Å²) in [5.41, 5.74) is 9.43. The first kappa shape index (κ1) is 14.6. The van der Waals surface area contributed by atoms with Crippen LogP contribution < -0.4 is 11.2 Å². The summed E-state index contributed by atoms with van der Waals surface area (Å²) >= 11 is 0. The summed E-state index contributed by atoms with van der Waals surface area (Å²) in [4.78, 5) is 15.2. The van der Waals surface area contributed by atoms with Gasteiger partial charge in [0, 0.05) is 0 Å². The lowest BCUT2D eigenvalue weighted by Crippen LogP contribution is -2.27. The van der Waals surface area contributed by atoms with Crippen LogP contribution in [-0.2, 0) is 9.63 Å². The maximum absolute atomic E-state index is 10.4. The molecule has 4 N–H and O–H groups in total. The van der Waals surface area contributed by atoms with Gasteiger partial charge in [-0.25, -0.2) is 0 Å². The number of nitrogens with two attached hydrogens (primary N) is 1. The number of nitrogens with one attached hydrogen (secondary N) is 1. The van der Waals surface area contributed by atoms with Gasteiger partial charge >= 0.3 is 0 Å². The Morgan fingerprint density at radius 2 is 1.89 bits per heavy atom. The first-order valence-corrected chi connectivity index (χ1v) is 5.91. The number of hydrogen-bond donors (Lipinski definition) is 3. The fourth-order valence-electron chi connectivity index (χ4n) is 1.48. The van der Waals surface area contributed by atoms with Crippen LogP contribution in [0.1, 0.15) is 37.0 Å². The average molecular weight is 252 g/mol. The zero-order valence-corrected chi connectivity index (χ0v) is 10.7. The van der Waals surface area contributed by atoms with Crippen molar-refractivity contribution in [1.82, 2.24) is 5.48 Å². The normalized spacial score (nSPS) is 12.7. The fraction of sp³-hybridized carbons (Fsp3) is 0.462. The second kappa shape index (κ2) is 7.10. The highest BCUT2D eigenvalue weighted by Crippen LogP contribution is 2.18. The van der Waals surface area contributed by atoms with E-state index >= 15 is 0 Å². The lowest BCUT2D eigenvalue weighted by atomic mass is 10.00. The van der Waals surface area contributed by atoms with Crippen LogP contribution >= 0.6 is 0 Å². The van der Waals surface area contributed by atoms with Crippen LogP contribution in [0.25, 0.3) is 0 Å². The number of benzene rings is 1. The van der Waals surface area contributed by atoms with Crippen molar-refractivity contribution in [2.75, 3.05) is 13.2 Å². The number of hydrogen-bond acceptors (Lipinski definition) is 4. The third-order valence-corrected chi connectivity index (χ3v) is 2.58. The summed E-state index contributed by atoms with van der Waals surface area (Å²) in [7, 11) is 0. The van der Waals surface area contributed by atoms with Gasteiger partial charge in [-0.2, -0.15) is 5.48 Å².